The highest BCUT2D eigenvalue weighted by Crippen LogP contribution is 2.32. The first-order chi connectivity index (χ1) is 11.5. The van der Waals surface area contributed by atoms with E-state index in [1.807, 2.05) is 38.2 Å². The topological polar surface area (TPSA) is 42.3 Å². The van der Waals surface area contributed by atoms with E-state index in [2.05, 4.69) is 16.7 Å². The lowest BCUT2D eigenvalue weighted by Crippen LogP contribution is -2.36. The predicted octanol–water partition coefficient (Wildman–Crippen LogP) is 3.23. The normalized spacial score (nSPS) is 15.6. The molecule has 5 heteroatoms. The minimum Gasteiger partial charge on any atom is -0.346 e. The molecule has 0 aliphatic carbocycles. The van der Waals surface area contributed by atoms with Gasteiger partial charge in [0.05, 0.1) is 11.4 Å². The molecule has 24 heavy (non-hydrogen) atoms. The zero-order valence-corrected chi connectivity index (χ0v) is 14.7. The van der Waals surface area contributed by atoms with Crippen LogP contribution in [0.25, 0.3) is 10.9 Å². The van der Waals surface area contributed by atoms with Crippen molar-refractivity contribution in [2.75, 3.05) is 6.54 Å². The Balaban J connectivity index is 1.79. The van der Waals surface area contributed by atoms with E-state index in [4.69, 9.17) is 0 Å². The lowest BCUT2D eigenvalue weighted by atomic mass is 10.1. The number of hydrogen-bond acceptors (Lipinski definition) is 2. The number of fused-ring (bicyclic) bond motifs is 3. The number of aryl methyl sites for hydroxylation is 2. The SMILES string of the molecule is Cc1ccccc1S(=O)(=O)N1CCc2c(n(C)c3ccccc23)C1. The summed E-state index contributed by atoms with van der Waals surface area (Å²) < 4.78 is 29.9. The van der Waals surface area contributed by atoms with E-state index in [1.54, 1.807) is 16.4 Å². The van der Waals surface area contributed by atoms with Gasteiger partial charge in [-0.2, -0.15) is 4.31 Å². The number of aromatic nitrogens is 1. The van der Waals surface area contributed by atoms with Gasteiger partial charge in [0, 0.05) is 30.2 Å². The Bertz CT molecular complexity index is 1030. The molecule has 124 valence electrons. The van der Waals surface area contributed by atoms with Crippen LogP contribution >= 0.6 is 0 Å². The molecule has 0 spiro atoms. The first-order valence-corrected chi connectivity index (χ1v) is 9.55. The van der Waals surface area contributed by atoms with Crippen LogP contribution in [0.15, 0.2) is 53.4 Å². The van der Waals surface area contributed by atoms with Gasteiger partial charge >= 0.3 is 0 Å². The summed E-state index contributed by atoms with van der Waals surface area (Å²) in [5, 5.41) is 1.24. The average Bonchev–Trinajstić information content (AvgIpc) is 2.88. The first-order valence-electron chi connectivity index (χ1n) is 8.11. The monoisotopic (exact) mass is 340 g/mol. The molecule has 2 heterocycles. The number of para-hydroxylation sites is 1. The molecule has 4 rings (SSSR count). The summed E-state index contributed by atoms with van der Waals surface area (Å²) >= 11 is 0. The summed E-state index contributed by atoms with van der Waals surface area (Å²) in [6.07, 6.45) is 0.752. The number of hydrogen-bond donors (Lipinski definition) is 0. The van der Waals surface area contributed by atoms with Crippen LogP contribution in [0.4, 0.5) is 0 Å². The Labute approximate surface area is 142 Å². The van der Waals surface area contributed by atoms with Gasteiger partial charge in [-0.15, -0.1) is 0 Å². The van der Waals surface area contributed by atoms with Crippen LogP contribution in [0.2, 0.25) is 0 Å². The lowest BCUT2D eigenvalue weighted by Gasteiger charge is -2.28. The van der Waals surface area contributed by atoms with Gasteiger partial charge in [-0.1, -0.05) is 36.4 Å². The van der Waals surface area contributed by atoms with Gasteiger partial charge < -0.3 is 4.57 Å². The molecule has 1 aromatic heterocycles. The van der Waals surface area contributed by atoms with Gasteiger partial charge in [0.1, 0.15) is 0 Å². The zero-order chi connectivity index (χ0) is 16.9. The predicted molar refractivity (Wildman–Crippen MR) is 95.4 cm³/mol. The van der Waals surface area contributed by atoms with Crippen LogP contribution in [-0.4, -0.2) is 23.8 Å². The molecule has 2 aromatic carbocycles. The van der Waals surface area contributed by atoms with E-state index in [0.717, 1.165) is 23.2 Å². The highest BCUT2D eigenvalue weighted by molar-refractivity contribution is 7.89. The first kappa shape index (κ1) is 15.4. The molecule has 0 unspecified atom stereocenters. The summed E-state index contributed by atoms with van der Waals surface area (Å²) in [7, 11) is -1.45. The number of nitrogens with zero attached hydrogens (tertiary/aromatic N) is 2. The van der Waals surface area contributed by atoms with E-state index in [9.17, 15) is 8.42 Å². The van der Waals surface area contributed by atoms with Crippen molar-refractivity contribution in [2.45, 2.75) is 24.8 Å². The quantitative estimate of drug-likeness (QED) is 0.719. The standard InChI is InChI=1S/C19H20N2O2S/c1-14-7-3-6-10-19(14)24(22,23)21-12-11-16-15-8-4-5-9-17(15)20(2)18(16)13-21/h3-10H,11-13H2,1-2H3. The van der Waals surface area contributed by atoms with E-state index in [0.29, 0.717) is 18.0 Å². The maximum absolute atomic E-state index is 13.1. The highest BCUT2D eigenvalue weighted by Gasteiger charge is 2.31. The van der Waals surface area contributed by atoms with Crippen molar-refractivity contribution >= 4 is 20.9 Å². The van der Waals surface area contributed by atoms with E-state index in [1.165, 1.54) is 10.9 Å². The molecule has 0 saturated heterocycles. The lowest BCUT2D eigenvalue weighted by molar-refractivity contribution is 0.382. The van der Waals surface area contributed by atoms with Gasteiger partial charge in [-0.05, 0) is 36.6 Å². The highest BCUT2D eigenvalue weighted by atomic mass is 32.2. The molecule has 0 atom stereocenters. The van der Waals surface area contributed by atoms with Gasteiger partial charge in [0.15, 0.2) is 0 Å². The van der Waals surface area contributed by atoms with Crippen LogP contribution in [0.5, 0.6) is 0 Å². The third kappa shape index (κ3) is 2.19. The van der Waals surface area contributed by atoms with Crippen molar-refractivity contribution in [2.24, 2.45) is 7.05 Å². The molecule has 0 amide bonds. The summed E-state index contributed by atoms with van der Waals surface area (Å²) in [6, 6.07) is 15.5. The maximum Gasteiger partial charge on any atom is 0.243 e. The van der Waals surface area contributed by atoms with Crippen molar-refractivity contribution in [1.82, 2.24) is 8.87 Å². The van der Waals surface area contributed by atoms with Gasteiger partial charge in [-0.3, -0.25) is 0 Å². The second-order valence-electron chi connectivity index (χ2n) is 6.36. The average molecular weight is 340 g/mol. The second kappa shape index (κ2) is 5.46. The Morgan fingerprint density at radius 3 is 2.50 bits per heavy atom. The Morgan fingerprint density at radius 2 is 1.71 bits per heavy atom. The van der Waals surface area contributed by atoms with Crippen molar-refractivity contribution in [3.05, 3.63) is 65.4 Å². The fourth-order valence-corrected chi connectivity index (χ4v) is 5.31. The molecule has 1 aliphatic rings. The van der Waals surface area contributed by atoms with E-state index in [-0.39, 0.29) is 0 Å². The van der Waals surface area contributed by atoms with Crippen LogP contribution in [0.3, 0.4) is 0 Å². The fraction of sp³-hybridized carbons (Fsp3) is 0.263. The molecule has 0 bridgehead atoms. The fourth-order valence-electron chi connectivity index (χ4n) is 3.68. The van der Waals surface area contributed by atoms with Crippen molar-refractivity contribution in [3.8, 4) is 0 Å². The molecule has 0 radical (unpaired) electrons. The minimum atomic E-state index is -3.47. The van der Waals surface area contributed by atoms with Gasteiger partial charge in [0.25, 0.3) is 0 Å². The summed E-state index contributed by atoms with van der Waals surface area (Å²) in [5.74, 6) is 0. The van der Waals surface area contributed by atoms with E-state index < -0.39 is 10.0 Å². The zero-order valence-electron chi connectivity index (χ0n) is 13.9. The van der Waals surface area contributed by atoms with Gasteiger partial charge in [0.2, 0.25) is 10.0 Å². The maximum atomic E-state index is 13.1. The summed E-state index contributed by atoms with van der Waals surface area (Å²) in [4.78, 5) is 0.409. The molecule has 1 aliphatic heterocycles. The third-order valence-corrected chi connectivity index (χ3v) is 7.00. The van der Waals surface area contributed by atoms with Crippen LogP contribution in [0, 0.1) is 6.92 Å². The molecule has 0 fully saturated rings. The third-order valence-electron chi connectivity index (χ3n) is 4.99. The summed E-state index contributed by atoms with van der Waals surface area (Å²) in [5.41, 5.74) is 4.34. The number of sulfonamides is 1. The molecular formula is C19H20N2O2S. The number of rotatable bonds is 2. The second-order valence-corrected chi connectivity index (χ2v) is 8.26. The Morgan fingerprint density at radius 1 is 1.00 bits per heavy atom. The smallest absolute Gasteiger partial charge is 0.243 e. The van der Waals surface area contributed by atoms with Crippen LogP contribution in [0.1, 0.15) is 16.8 Å². The Kier molecular flexibility index (Phi) is 3.51. The molecule has 4 nitrogen and oxygen atoms in total. The minimum absolute atomic E-state index is 0.409. The molecular weight excluding hydrogens is 320 g/mol. The summed E-state index contributed by atoms with van der Waals surface area (Å²) in [6.45, 7) is 2.80. The van der Waals surface area contributed by atoms with Gasteiger partial charge in [-0.25, -0.2) is 8.42 Å². The number of benzene rings is 2. The Hall–Kier alpha value is -2.11. The molecule has 0 N–H and O–H groups in total. The van der Waals surface area contributed by atoms with Crippen LogP contribution in [-0.2, 0) is 30.0 Å². The van der Waals surface area contributed by atoms with Crippen LogP contribution < -0.4 is 0 Å². The van der Waals surface area contributed by atoms with Crippen molar-refractivity contribution in [1.29, 1.82) is 0 Å². The molecule has 3 aromatic rings. The largest absolute Gasteiger partial charge is 0.346 e. The van der Waals surface area contributed by atoms with Crippen molar-refractivity contribution < 1.29 is 8.42 Å². The molecule has 0 saturated carbocycles. The van der Waals surface area contributed by atoms with E-state index >= 15 is 0 Å². The van der Waals surface area contributed by atoms with Crippen molar-refractivity contribution in [3.63, 3.8) is 0 Å².